The number of hydrogen-bond acceptors (Lipinski definition) is 4. The van der Waals surface area contributed by atoms with Gasteiger partial charge in [0, 0.05) is 21.3 Å². The quantitative estimate of drug-likeness (QED) is 0.844. The molecule has 1 unspecified atom stereocenters. The maximum Gasteiger partial charge on any atom is 0.142 e. The monoisotopic (exact) mass is 385 g/mol. The van der Waals surface area contributed by atoms with Gasteiger partial charge in [-0.25, -0.2) is 4.98 Å². The van der Waals surface area contributed by atoms with Crippen molar-refractivity contribution < 1.29 is 4.74 Å². The number of nitrogens with two attached hydrogens (primary N) is 1. The fraction of sp³-hybridized carbons (Fsp3) is 0.368. The van der Waals surface area contributed by atoms with Crippen LogP contribution in [0.4, 0.5) is 5.82 Å². The number of ether oxygens (including phenoxy) is 1. The molecule has 1 heterocycles. The van der Waals surface area contributed by atoms with E-state index in [0.29, 0.717) is 23.9 Å². The van der Waals surface area contributed by atoms with E-state index in [1.165, 1.54) is 0 Å². The van der Waals surface area contributed by atoms with Crippen molar-refractivity contribution in [3.63, 3.8) is 0 Å². The van der Waals surface area contributed by atoms with Crippen molar-refractivity contribution in [2.45, 2.75) is 33.1 Å². The molecule has 0 fully saturated rings. The number of aryl methyl sites for hydroxylation is 1. The van der Waals surface area contributed by atoms with Crippen molar-refractivity contribution in [2.24, 2.45) is 5.92 Å². The molecule has 4 nitrogen and oxygen atoms in total. The number of nitrogens with zero attached hydrogens (tertiary/aromatic N) is 2. The van der Waals surface area contributed by atoms with Crippen LogP contribution in [0.3, 0.4) is 0 Å². The number of halogens is 1. The second kappa shape index (κ2) is 6.82. The average molecular weight is 386 g/mol. The lowest BCUT2D eigenvalue weighted by Crippen LogP contribution is -2.17. The van der Waals surface area contributed by atoms with Gasteiger partial charge in [-0.3, -0.25) is 0 Å². The minimum absolute atomic E-state index is 0.309. The van der Waals surface area contributed by atoms with Crippen LogP contribution in [-0.2, 0) is 12.8 Å². The van der Waals surface area contributed by atoms with Crippen LogP contribution >= 0.6 is 15.9 Å². The number of fused-ring (bicyclic) bond motifs is 1. The van der Waals surface area contributed by atoms with Crippen molar-refractivity contribution in [3.8, 4) is 22.9 Å². The van der Waals surface area contributed by atoms with Crippen LogP contribution in [-0.4, -0.2) is 11.6 Å². The fourth-order valence-corrected chi connectivity index (χ4v) is 3.70. The van der Waals surface area contributed by atoms with Crippen molar-refractivity contribution in [2.75, 3.05) is 12.3 Å². The summed E-state index contributed by atoms with van der Waals surface area (Å²) in [5.41, 5.74) is 10.5. The van der Waals surface area contributed by atoms with E-state index < -0.39 is 0 Å². The minimum atomic E-state index is 0.309. The smallest absolute Gasteiger partial charge is 0.142 e. The molecule has 5 heteroatoms. The summed E-state index contributed by atoms with van der Waals surface area (Å²) in [6.45, 7) is 4.75. The van der Waals surface area contributed by atoms with Crippen molar-refractivity contribution >= 4 is 21.7 Å². The highest BCUT2D eigenvalue weighted by Crippen LogP contribution is 2.42. The van der Waals surface area contributed by atoms with E-state index >= 15 is 0 Å². The zero-order valence-electron chi connectivity index (χ0n) is 13.9. The van der Waals surface area contributed by atoms with E-state index in [2.05, 4.69) is 33.9 Å². The Morgan fingerprint density at radius 3 is 2.96 bits per heavy atom. The molecule has 3 rings (SSSR count). The van der Waals surface area contributed by atoms with Crippen LogP contribution in [0.15, 0.2) is 22.7 Å². The van der Waals surface area contributed by atoms with Crippen molar-refractivity contribution in [1.82, 2.24) is 4.98 Å². The molecule has 2 N–H and O–H groups in total. The van der Waals surface area contributed by atoms with Crippen LogP contribution in [0.1, 0.15) is 37.1 Å². The van der Waals surface area contributed by atoms with E-state index in [1.807, 2.05) is 25.1 Å². The van der Waals surface area contributed by atoms with E-state index in [-0.39, 0.29) is 0 Å². The fourth-order valence-electron chi connectivity index (χ4n) is 3.34. The lowest BCUT2D eigenvalue weighted by atomic mass is 9.82. The number of aromatic nitrogens is 1. The maximum absolute atomic E-state index is 9.70. The second-order valence-electron chi connectivity index (χ2n) is 6.21. The average Bonchev–Trinajstić information content (AvgIpc) is 2.56. The molecule has 0 aliphatic heterocycles. The van der Waals surface area contributed by atoms with Crippen LogP contribution in [0.5, 0.6) is 5.75 Å². The van der Waals surface area contributed by atoms with Gasteiger partial charge in [0.2, 0.25) is 0 Å². The molecular formula is C19H20BrN3O. The minimum Gasteiger partial charge on any atom is -0.493 e. The standard InChI is InChI=1S/C19H20BrN3O/c1-3-24-17-7-5-12(20)9-14(17)18-13-8-11(2)4-6-16(13)23-19(22)15(18)10-21/h5,7,9,11H,3-4,6,8H2,1-2H3,(H2,22,23). The van der Waals surface area contributed by atoms with Crippen molar-refractivity contribution in [1.29, 1.82) is 5.26 Å². The molecule has 0 radical (unpaired) electrons. The molecule has 124 valence electrons. The van der Waals surface area contributed by atoms with Gasteiger partial charge in [-0.2, -0.15) is 5.26 Å². The van der Waals surface area contributed by atoms with Crippen molar-refractivity contribution in [3.05, 3.63) is 39.5 Å². The number of nitriles is 1. The molecule has 0 bridgehead atoms. The molecule has 1 aromatic carbocycles. The normalized spacial score (nSPS) is 16.3. The van der Waals surface area contributed by atoms with Gasteiger partial charge in [-0.15, -0.1) is 0 Å². The van der Waals surface area contributed by atoms with Gasteiger partial charge in [-0.05, 0) is 55.9 Å². The van der Waals surface area contributed by atoms with Gasteiger partial charge >= 0.3 is 0 Å². The molecule has 1 aromatic heterocycles. The lowest BCUT2D eigenvalue weighted by molar-refractivity contribution is 0.341. The maximum atomic E-state index is 9.70. The Bertz CT molecular complexity index is 826. The molecule has 0 saturated heterocycles. The largest absolute Gasteiger partial charge is 0.493 e. The molecule has 2 aromatic rings. The van der Waals surface area contributed by atoms with E-state index in [4.69, 9.17) is 10.5 Å². The summed E-state index contributed by atoms with van der Waals surface area (Å²) in [6.07, 6.45) is 2.91. The zero-order valence-corrected chi connectivity index (χ0v) is 15.5. The topological polar surface area (TPSA) is 71.9 Å². The summed E-state index contributed by atoms with van der Waals surface area (Å²) in [7, 11) is 0. The summed E-state index contributed by atoms with van der Waals surface area (Å²) >= 11 is 3.53. The Morgan fingerprint density at radius 1 is 1.46 bits per heavy atom. The second-order valence-corrected chi connectivity index (χ2v) is 7.12. The SMILES string of the molecule is CCOc1ccc(Br)cc1-c1c(C#N)c(N)nc2c1CC(C)CC2. The number of benzene rings is 1. The third kappa shape index (κ3) is 2.99. The van der Waals surface area contributed by atoms with Gasteiger partial charge in [0.25, 0.3) is 0 Å². The summed E-state index contributed by atoms with van der Waals surface area (Å²) in [5.74, 6) is 1.64. The van der Waals surface area contributed by atoms with Crippen LogP contribution < -0.4 is 10.5 Å². The first-order valence-electron chi connectivity index (χ1n) is 8.19. The molecule has 0 amide bonds. The highest BCUT2D eigenvalue weighted by Gasteiger charge is 2.26. The van der Waals surface area contributed by atoms with Gasteiger partial charge in [0.15, 0.2) is 0 Å². The van der Waals surface area contributed by atoms with Gasteiger partial charge in [-0.1, -0.05) is 22.9 Å². The molecule has 1 atom stereocenters. The Kier molecular flexibility index (Phi) is 4.77. The van der Waals surface area contributed by atoms with E-state index in [9.17, 15) is 5.26 Å². The third-order valence-corrected chi connectivity index (χ3v) is 4.95. The zero-order chi connectivity index (χ0) is 17.3. The van der Waals surface area contributed by atoms with E-state index in [1.54, 1.807) is 0 Å². The third-order valence-electron chi connectivity index (χ3n) is 4.46. The van der Waals surface area contributed by atoms with Crippen LogP contribution in [0, 0.1) is 17.2 Å². The van der Waals surface area contributed by atoms with E-state index in [0.717, 1.165) is 51.9 Å². The predicted octanol–water partition coefficient (Wildman–Crippen LogP) is 4.49. The van der Waals surface area contributed by atoms with Gasteiger partial charge < -0.3 is 10.5 Å². The van der Waals surface area contributed by atoms with Crippen LogP contribution in [0.25, 0.3) is 11.1 Å². The van der Waals surface area contributed by atoms with Gasteiger partial charge in [0.1, 0.15) is 23.2 Å². The molecule has 1 aliphatic rings. The Morgan fingerprint density at radius 2 is 2.25 bits per heavy atom. The van der Waals surface area contributed by atoms with Gasteiger partial charge in [0.05, 0.1) is 6.61 Å². The van der Waals surface area contributed by atoms with Crippen LogP contribution in [0.2, 0.25) is 0 Å². The first kappa shape index (κ1) is 16.8. The Hall–Kier alpha value is -2.06. The summed E-state index contributed by atoms with van der Waals surface area (Å²) in [6, 6.07) is 8.13. The predicted molar refractivity (Wildman–Crippen MR) is 98.9 cm³/mol. The number of nitrogen functional groups attached to an aromatic ring is 1. The Labute approximate surface area is 150 Å². The number of pyridine rings is 1. The molecule has 0 saturated carbocycles. The first-order valence-corrected chi connectivity index (χ1v) is 8.98. The summed E-state index contributed by atoms with van der Waals surface area (Å²) in [5, 5.41) is 9.70. The summed E-state index contributed by atoms with van der Waals surface area (Å²) in [4.78, 5) is 4.51. The molecule has 0 spiro atoms. The molecular weight excluding hydrogens is 366 g/mol. The number of anilines is 1. The lowest BCUT2D eigenvalue weighted by Gasteiger charge is -2.25. The Balaban J connectivity index is 2.33. The number of rotatable bonds is 3. The highest BCUT2D eigenvalue weighted by molar-refractivity contribution is 9.10. The highest BCUT2D eigenvalue weighted by atomic mass is 79.9. The number of hydrogen-bond donors (Lipinski definition) is 1. The molecule has 24 heavy (non-hydrogen) atoms. The first-order chi connectivity index (χ1) is 11.5. The molecule has 1 aliphatic carbocycles. The summed E-state index contributed by atoms with van der Waals surface area (Å²) < 4.78 is 6.75.